The molecule has 0 aliphatic heterocycles. The third-order valence-electron chi connectivity index (χ3n) is 4.42. The smallest absolute Gasteiger partial charge is 0.306 e. The van der Waals surface area contributed by atoms with Crippen molar-refractivity contribution >= 4 is 22.6 Å². The maximum atomic E-state index is 11.0. The van der Waals surface area contributed by atoms with Crippen LogP contribution in [0, 0.1) is 16.0 Å². The summed E-state index contributed by atoms with van der Waals surface area (Å²) in [6, 6.07) is 4.81. The fourth-order valence-electron chi connectivity index (χ4n) is 3.23. The number of non-ortho nitro benzene ring substituents is 1. The molecule has 1 aromatic carbocycles. The summed E-state index contributed by atoms with van der Waals surface area (Å²) >= 11 is 0. The summed E-state index contributed by atoms with van der Waals surface area (Å²) in [7, 11) is 0. The number of benzene rings is 1. The van der Waals surface area contributed by atoms with E-state index in [2.05, 4.69) is 4.98 Å². The molecular weight excluding hydrogens is 272 g/mol. The van der Waals surface area contributed by atoms with Gasteiger partial charge >= 0.3 is 5.97 Å². The number of carboxylic acids is 1. The largest absolute Gasteiger partial charge is 0.481 e. The highest BCUT2D eigenvalue weighted by Gasteiger charge is 2.28. The highest BCUT2D eigenvalue weighted by molar-refractivity contribution is 5.86. The molecular formula is C15H16N2O4. The molecule has 0 unspecified atom stereocenters. The minimum Gasteiger partial charge on any atom is -0.481 e. The molecule has 1 fully saturated rings. The van der Waals surface area contributed by atoms with Gasteiger partial charge in [-0.25, -0.2) is 0 Å². The Labute approximate surface area is 120 Å². The van der Waals surface area contributed by atoms with E-state index in [1.54, 1.807) is 12.1 Å². The molecule has 1 aliphatic rings. The second kappa shape index (κ2) is 5.20. The van der Waals surface area contributed by atoms with Crippen LogP contribution in [0.4, 0.5) is 5.69 Å². The molecule has 6 heteroatoms. The van der Waals surface area contributed by atoms with Gasteiger partial charge in [-0.3, -0.25) is 14.9 Å². The lowest BCUT2D eigenvalue weighted by atomic mass is 9.78. The van der Waals surface area contributed by atoms with Crippen molar-refractivity contribution in [1.29, 1.82) is 0 Å². The average molecular weight is 288 g/mol. The van der Waals surface area contributed by atoms with E-state index in [-0.39, 0.29) is 17.5 Å². The number of nitrogens with zero attached hydrogens (tertiary/aromatic N) is 1. The van der Waals surface area contributed by atoms with E-state index in [1.165, 1.54) is 6.07 Å². The zero-order chi connectivity index (χ0) is 15.0. The molecule has 3 rings (SSSR count). The lowest BCUT2D eigenvalue weighted by Crippen LogP contribution is -2.20. The lowest BCUT2D eigenvalue weighted by Gasteiger charge is -2.25. The number of nitrogens with one attached hydrogen (secondary N) is 1. The van der Waals surface area contributed by atoms with Gasteiger partial charge in [-0.1, -0.05) is 0 Å². The van der Waals surface area contributed by atoms with Crippen molar-refractivity contribution in [3.8, 4) is 0 Å². The van der Waals surface area contributed by atoms with E-state index in [0.29, 0.717) is 12.8 Å². The number of hydrogen-bond acceptors (Lipinski definition) is 3. The van der Waals surface area contributed by atoms with Crippen LogP contribution in [0.2, 0.25) is 0 Å². The van der Waals surface area contributed by atoms with Gasteiger partial charge in [-0.15, -0.1) is 0 Å². The first kappa shape index (κ1) is 13.6. The molecule has 2 N–H and O–H groups in total. The third-order valence-corrected chi connectivity index (χ3v) is 4.42. The molecule has 0 radical (unpaired) electrons. The van der Waals surface area contributed by atoms with Crippen molar-refractivity contribution in [1.82, 2.24) is 4.98 Å². The minimum absolute atomic E-state index is 0.0857. The Balaban J connectivity index is 1.89. The molecule has 0 bridgehead atoms. The van der Waals surface area contributed by atoms with E-state index in [4.69, 9.17) is 5.11 Å². The topological polar surface area (TPSA) is 96.2 Å². The number of fused-ring (bicyclic) bond motifs is 1. The highest BCUT2D eigenvalue weighted by atomic mass is 16.6. The average Bonchev–Trinajstić information content (AvgIpc) is 2.90. The van der Waals surface area contributed by atoms with Gasteiger partial charge in [0.15, 0.2) is 0 Å². The number of carboxylic acid groups (broad SMARTS) is 1. The molecule has 1 aromatic heterocycles. The summed E-state index contributed by atoms with van der Waals surface area (Å²) in [6.07, 6.45) is 4.86. The van der Waals surface area contributed by atoms with Crippen molar-refractivity contribution in [2.24, 2.45) is 5.92 Å². The fraction of sp³-hybridized carbons (Fsp3) is 0.400. The van der Waals surface area contributed by atoms with Gasteiger partial charge in [-0.05, 0) is 43.2 Å². The number of aromatic nitrogens is 1. The molecule has 0 amide bonds. The molecule has 0 atom stereocenters. The molecule has 1 heterocycles. The first-order chi connectivity index (χ1) is 10.1. The first-order valence-electron chi connectivity index (χ1n) is 7.04. The number of aliphatic carboxylic acids is 1. The Hall–Kier alpha value is -2.37. The van der Waals surface area contributed by atoms with Crippen LogP contribution in [0.1, 0.15) is 37.2 Å². The number of nitro benzene ring substituents is 1. The summed E-state index contributed by atoms with van der Waals surface area (Å²) in [5.74, 6) is -0.694. The third kappa shape index (κ3) is 2.49. The molecule has 6 nitrogen and oxygen atoms in total. The maximum Gasteiger partial charge on any atom is 0.306 e. The van der Waals surface area contributed by atoms with Crippen LogP contribution in [-0.2, 0) is 4.79 Å². The Kier molecular flexibility index (Phi) is 3.37. The fourth-order valence-corrected chi connectivity index (χ4v) is 3.23. The molecule has 0 saturated heterocycles. The Morgan fingerprint density at radius 1 is 1.29 bits per heavy atom. The van der Waals surface area contributed by atoms with Crippen LogP contribution in [-0.4, -0.2) is 21.0 Å². The van der Waals surface area contributed by atoms with Crippen molar-refractivity contribution in [2.45, 2.75) is 31.6 Å². The maximum absolute atomic E-state index is 11.0. The summed E-state index contributed by atoms with van der Waals surface area (Å²) < 4.78 is 0. The second-order valence-electron chi connectivity index (χ2n) is 5.62. The van der Waals surface area contributed by atoms with Gasteiger partial charge in [-0.2, -0.15) is 0 Å². The monoisotopic (exact) mass is 288 g/mol. The van der Waals surface area contributed by atoms with Gasteiger partial charge in [0.05, 0.1) is 10.8 Å². The normalized spacial score (nSPS) is 22.3. The molecule has 110 valence electrons. The Bertz CT molecular complexity index is 699. The van der Waals surface area contributed by atoms with E-state index in [1.807, 2.05) is 6.20 Å². The molecule has 1 aliphatic carbocycles. The van der Waals surface area contributed by atoms with E-state index in [9.17, 15) is 14.9 Å². The van der Waals surface area contributed by atoms with Crippen LogP contribution in [0.15, 0.2) is 24.4 Å². The number of rotatable bonds is 3. The zero-order valence-electron chi connectivity index (χ0n) is 11.4. The van der Waals surface area contributed by atoms with Crippen LogP contribution in [0.5, 0.6) is 0 Å². The molecule has 21 heavy (non-hydrogen) atoms. The van der Waals surface area contributed by atoms with Crippen LogP contribution < -0.4 is 0 Å². The van der Waals surface area contributed by atoms with Crippen LogP contribution in [0.25, 0.3) is 10.9 Å². The van der Waals surface area contributed by atoms with Gasteiger partial charge < -0.3 is 10.1 Å². The van der Waals surface area contributed by atoms with Gasteiger partial charge in [0, 0.05) is 29.2 Å². The van der Waals surface area contributed by atoms with E-state index >= 15 is 0 Å². The van der Waals surface area contributed by atoms with Gasteiger partial charge in [0.2, 0.25) is 0 Å². The number of hydrogen-bond donors (Lipinski definition) is 2. The highest BCUT2D eigenvalue weighted by Crippen LogP contribution is 2.39. The van der Waals surface area contributed by atoms with Crippen molar-refractivity contribution in [3.63, 3.8) is 0 Å². The number of carbonyl (C=O) groups is 1. The van der Waals surface area contributed by atoms with Crippen molar-refractivity contribution < 1.29 is 14.8 Å². The minimum atomic E-state index is -0.719. The quantitative estimate of drug-likeness (QED) is 0.668. The SMILES string of the molecule is O=C(O)C1CCC(c2c[nH]c3ccc([N+](=O)[O-])cc23)CC1. The van der Waals surface area contributed by atoms with E-state index < -0.39 is 10.9 Å². The summed E-state index contributed by atoms with van der Waals surface area (Å²) in [4.78, 5) is 24.7. The van der Waals surface area contributed by atoms with Gasteiger partial charge in [0.1, 0.15) is 0 Å². The number of H-pyrrole nitrogens is 1. The van der Waals surface area contributed by atoms with Crippen LogP contribution in [0.3, 0.4) is 0 Å². The first-order valence-corrected chi connectivity index (χ1v) is 7.04. The Morgan fingerprint density at radius 3 is 2.62 bits per heavy atom. The summed E-state index contributed by atoms with van der Waals surface area (Å²) in [6.45, 7) is 0. The molecule has 2 aromatic rings. The van der Waals surface area contributed by atoms with Crippen molar-refractivity contribution in [2.75, 3.05) is 0 Å². The number of aromatic amines is 1. The van der Waals surface area contributed by atoms with Crippen LogP contribution >= 0.6 is 0 Å². The summed E-state index contributed by atoms with van der Waals surface area (Å²) in [5.41, 5.74) is 2.04. The predicted octanol–water partition coefficient (Wildman–Crippen LogP) is 3.43. The summed E-state index contributed by atoms with van der Waals surface area (Å²) in [5, 5.41) is 20.8. The predicted molar refractivity (Wildman–Crippen MR) is 77.3 cm³/mol. The Morgan fingerprint density at radius 2 is 2.00 bits per heavy atom. The number of nitro groups is 1. The molecule has 1 saturated carbocycles. The standard InChI is InChI=1S/C15H16N2O4/c18-15(19)10-3-1-9(2-4-10)13-8-16-14-6-5-11(17(20)21)7-12(13)14/h5-10,16H,1-4H2,(H,18,19). The lowest BCUT2D eigenvalue weighted by molar-refractivity contribution is -0.384. The second-order valence-corrected chi connectivity index (χ2v) is 5.62. The van der Waals surface area contributed by atoms with Crippen molar-refractivity contribution in [3.05, 3.63) is 40.1 Å². The molecule has 0 spiro atoms. The zero-order valence-corrected chi connectivity index (χ0v) is 11.4. The van der Waals surface area contributed by atoms with E-state index in [0.717, 1.165) is 29.3 Å². The van der Waals surface area contributed by atoms with Gasteiger partial charge in [0.25, 0.3) is 5.69 Å².